The van der Waals surface area contributed by atoms with E-state index in [2.05, 4.69) is 17.3 Å². The maximum absolute atomic E-state index is 10.3. The Balaban J connectivity index is 1.94. The van der Waals surface area contributed by atoms with Crippen LogP contribution in [0.2, 0.25) is 0 Å². The second kappa shape index (κ2) is 5.36. The van der Waals surface area contributed by atoms with Gasteiger partial charge in [0.1, 0.15) is 5.69 Å². The quantitative estimate of drug-likeness (QED) is 0.776. The van der Waals surface area contributed by atoms with Crippen LogP contribution in [0.25, 0.3) is 22.4 Å². The summed E-state index contributed by atoms with van der Waals surface area (Å²) < 4.78 is 5.78. The molecule has 1 saturated carbocycles. The highest BCUT2D eigenvalue weighted by Gasteiger charge is 2.53. The largest absolute Gasteiger partial charge is 0.392 e. The SMILES string of the molecule is CC(O)C1(c2onc(-c3ccccc3)c2-c2ccccc2)CC1. The molecule has 0 spiro atoms. The summed E-state index contributed by atoms with van der Waals surface area (Å²) in [6.45, 7) is 1.84. The Bertz CT molecular complexity index is 802. The number of hydrogen-bond acceptors (Lipinski definition) is 3. The third kappa shape index (κ3) is 2.28. The number of hydrogen-bond donors (Lipinski definition) is 1. The average Bonchev–Trinajstić information content (AvgIpc) is 3.29. The van der Waals surface area contributed by atoms with Crippen molar-refractivity contribution < 1.29 is 9.63 Å². The van der Waals surface area contributed by atoms with Gasteiger partial charge in [-0.1, -0.05) is 65.8 Å². The first-order valence-electron chi connectivity index (χ1n) is 8.01. The Kier molecular flexibility index (Phi) is 3.31. The van der Waals surface area contributed by atoms with Crippen LogP contribution in [0.1, 0.15) is 25.5 Å². The van der Waals surface area contributed by atoms with E-state index in [9.17, 15) is 5.11 Å². The molecule has 1 atom stereocenters. The van der Waals surface area contributed by atoms with Crippen molar-refractivity contribution in [2.24, 2.45) is 0 Å². The van der Waals surface area contributed by atoms with E-state index in [1.54, 1.807) is 0 Å². The van der Waals surface area contributed by atoms with Crippen molar-refractivity contribution in [1.29, 1.82) is 0 Å². The van der Waals surface area contributed by atoms with Crippen LogP contribution in [0.4, 0.5) is 0 Å². The van der Waals surface area contributed by atoms with Gasteiger partial charge in [0.15, 0.2) is 5.76 Å². The Labute approximate surface area is 135 Å². The number of benzene rings is 2. The molecule has 4 rings (SSSR count). The lowest BCUT2D eigenvalue weighted by molar-refractivity contribution is 0.134. The van der Waals surface area contributed by atoms with Gasteiger partial charge in [0, 0.05) is 5.56 Å². The molecule has 116 valence electrons. The van der Waals surface area contributed by atoms with E-state index >= 15 is 0 Å². The minimum absolute atomic E-state index is 0.287. The van der Waals surface area contributed by atoms with Gasteiger partial charge in [0.05, 0.1) is 17.1 Å². The van der Waals surface area contributed by atoms with Crippen LogP contribution in [-0.2, 0) is 5.41 Å². The van der Waals surface area contributed by atoms with Crippen LogP contribution in [0, 0.1) is 0 Å². The Morgan fingerprint density at radius 3 is 2.04 bits per heavy atom. The zero-order chi connectivity index (χ0) is 15.9. The van der Waals surface area contributed by atoms with E-state index in [0.717, 1.165) is 41.0 Å². The second-order valence-corrected chi connectivity index (χ2v) is 6.30. The molecule has 1 unspecified atom stereocenters. The predicted molar refractivity (Wildman–Crippen MR) is 90.0 cm³/mol. The summed E-state index contributed by atoms with van der Waals surface area (Å²) in [5.41, 5.74) is 3.68. The lowest BCUT2D eigenvalue weighted by Crippen LogP contribution is -2.22. The van der Waals surface area contributed by atoms with E-state index in [-0.39, 0.29) is 5.41 Å². The van der Waals surface area contributed by atoms with Gasteiger partial charge < -0.3 is 9.63 Å². The van der Waals surface area contributed by atoms with Gasteiger partial charge in [-0.25, -0.2) is 0 Å². The minimum Gasteiger partial charge on any atom is -0.392 e. The molecule has 1 aromatic heterocycles. The van der Waals surface area contributed by atoms with Crippen molar-refractivity contribution in [1.82, 2.24) is 5.16 Å². The molecule has 1 fully saturated rings. The molecule has 23 heavy (non-hydrogen) atoms. The summed E-state index contributed by atoms with van der Waals surface area (Å²) in [7, 11) is 0. The molecule has 1 N–H and O–H groups in total. The van der Waals surface area contributed by atoms with Crippen LogP contribution >= 0.6 is 0 Å². The number of aliphatic hydroxyl groups is 1. The second-order valence-electron chi connectivity index (χ2n) is 6.30. The predicted octanol–water partition coefficient (Wildman–Crippen LogP) is 4.42. The van der Waals surface area contributed by atoms with Crippen molar-refractivity contribution in [2.45, 2.75) is 31.3 Å². The molecule has 3 aromatic rings. The summed E-state index contributed by atoms with van der Waals surface area (Å²) in [4.78, 5) is 0. The van der Waals surface area contributed by atoms with Crippen LogP contribution in [0.3, 0.4) is 0 Å². The van der Waals surface area contributed by atoms with E-state index in [4.69, 9.17) is 4.52 Å². The molecule has 2 aromatic carbocycles. The minimum atomic E-state index is -0.443. The zero-order valence-electron chi connectivity index (χ0n) is 13.1. The first kappa shape index (κ1) is 14.2. The van der Waals surface area contributed by atoms with Gasteiger partial charge in [-0.15, -0.1) is 0 Å². The fourth-order valence-electron chi connectivity index (χ4n) is 3.26. The summed E-state index contributed by atoms with van der Waals surface area (Å²) in [6.07, 6.45) is 1.43. The molecule has 0 aliphatic heterocycles. The molecule has 3 nitrogen and oxygen atoms in total. The van der Waals surface area contributed by atoms with Gasteiger partial charge >= 0.3 is 0 Å². The van der Waals surface area contributed by atoms with Crippen LogP contribution in [0.15, 0.2) is 65.2 Å². The Morgan fingerprint density at radius 2 is 1.52 bits per heavy atom. The van der Waals surface area contributed by atoms with Crippen molar-refractivity contribution in [3.63, 3.8) is 0 Å². The van der Waals surface area contributed by atoms with Crippen molar-refractivity contribution in [2.75, 3.05) is 0 Å². The lowest BCUT2D eigenvalue weighted by atomic mass is 9.89. The van der Waals surface area contributed by atoms with Crippen molar-refractivity contribution in [3.05, 3.63) is 66.4 Å². The highest BCUT2D eigenvalue weighted by Crippen LogP contribution is 2.55. The van der Waals surface area contributed by atoms with Gasteiger partial charge in [0.2, 0.25) is 0 Å². The van der Waals surface area contributed by atoms with Crippen molar-refractivity contribution >= 4 is 0 Å². The molecular formula is C20H19NO2. The average molecular weight is 305 g/mol. The van der Waals surface area contributed by atoms with E-state index in [0.29, 0.717) is 0 Å². The molecule has 0 radical (unpaired) electrons. The van der Waals surface area contributed by atoms with Gasteiger partial charge in [0.25, 0.3) is 0 Å². The standard InChI is InChI=1S/C20H19NO2/c1-14(22)20(12-13-20)19-17(15-8-4-2-5-9-15)18(21-23-19)16-10-6-3-7-11-16/h2-11,14,22H,12-13H2,1H3. The fourth-order valence-corrected chi connectivity index (χ4v) is 3.26. The topological polar surface area (TPSA) is 46.3 Å². The molecule has 0 saturated heterocycles. The van der Waals surface area contributed by atoms with Gasteiger partial charge in [-0.2, -0.15) is 0 Å². The van der Waals surface area contributed by atoms with Crippen LogP contribution < -0.4 is 0 Å². The fraction of sp³-hybridized carbons (Fsp3) is 0.250. The van der Waals surface area contributed by atoms with Gasteiger partial charge in [-0.3, -0.25) is 0 Å². The summed E-state index contributed by atoms with van der Waals surface area (Å²) in [5.74, 6) is 0.817. The highest BCUT2D eigenvalue weighted by molar-refractivity contribution is 5.83. The zero-order valence-corrected chi connectivity index (χ0v) is 13.1. The van der Waals surface area contributed by atoms with E-state index < -0.39 is 6.10 Å². The monoisotopic (exact) mass is 305 g/mol. The molecule has 3 heteroatoms. The van der Waals surface area contributed by atoms with Gasteiger partial charge in [-0.05, 0) is 25.3 Å². The van der Waals surface area contributed by atoms with Crippen LogP contribution in [0.5, 0.6) is 0 Å². The molecule has 0 amide bonds. The molecule has 0 bridgehead atoms. The normalized spacial score (nSPS) is 17.0. The van der Waals surface area contributed by atoms with E-state index in [1.807, 2.05) is 55.5 Å². The third-order valence-electron chi connectivity index (χ3n) is 4.84. The summed E-state index contributed by atoms with van der Waals surface area (Å²) in [5, 5.41) is 14.6. The number of nitrogens with zero attached hydrogens (tertiary/aromatic N) is 1. The van der Waals surface area contributed by atoms with Crippen LogP contribution in [-0.4, -0.2) is 16.4 Å². The molecular weight excluding hydrogens is 286 g/mol. The first-order valence-corrected chi connectivity index (χ1v) is 8.01. The summed E-state index contributed by atoms with van der Waals surface area (Å²) >= 11 is 0. The summed E-state index contributed by atoms with van der Waals surface area (Å²) in [6, 6.07) is 20.2. The lowest BCUT2D eigenvalue weighted by Gasteiger charge is -2.17. The molecule has 1 aliphatic rings. The van der Waals surface area contributed by atoms with Crippen molar-refractivity contribution in [3.8, 4) is 22.4 Å². The maximum atomic E-state index is 10.3. The van der Waals surface area contributed by atoms with E-state index in [1.165, 1.54) is 0 Å². The maximum Gasteiger partial charge on any atom is 0.153 e. The Morgan fingerprint density at radius 1 is 0.957 bits per heavy atom. The smallest absolute Gasteiger partial charge is 0.153 e. The number of aromatic nitrogens is 1. The Hall–Kier alpha value is -2.39. The number of aliphatic hydroxyl groups excluding tert-OH is 1. The molecule has 1 aliphatic carbocycles. The first-order chi connectivity index (χ1) is 11.2. The third-order valence-corrected chi connectivity index (χ3v) is 4.84. The number of rotatable bonds is 4. The highest BCUT2D eigenvalue weighted by atomic mass is 16.5. The molecule has 1 heterocycles.